The Kier molecular flexibility index (Phi) is 4.28. The normalized spacial score (nSPS) is 19.2. The first-order valence-corrected chi connectivity index (χ1v) is 9.38. The molecule has 0 amide bonds. The Labute approximate surface area is 131 Å². The summed E-state index contributed by atoms with van der Waals surface area (Å²) in [6.07, 6.45) is 4.36. The van der Waals surface area contributed by atoms with Gasteiger partial charge in [-0.1, -0.05) is 24.6 Å². The lowest BCUT2D eigenvalue weighted by Crippen LogP contribution is -2.32. The Balaban J connectivity index is 1.79. The summed E-state index contributed by atoms with van der Waals surface area (Å²) in [6, 6.07) is 5.87. The van der Waals surface area contributed by atoms with E-state index in [9.17, 15) is 8.42 Å². The van der Waals surface area contributed by atoms with Crippen LogP contribution in [0.1, 0.15) is 38.2 Å². The van der Waals surface area contributed by atoms with Gasteiger partial charge in [-0.05, 0) is 43.4 Å². The van der Waals surface area contributed by atoms with Crippen LogP contribution in [-0.4, -0.2) is 31.4 Å². The highest BCUT2D eigenvalue weighted by molar-refractivity contribution is 7.89. The second kappa shape index (κ2) is 5.88. The summed E-state index contributed by atoms with van der Waals surface area (Å²) in [5, 5.41) is 3.91. The summed E-state index contributed by atoms with van der Waals surface area (Å²) >= 11 is 6.26. The zero-order chi connectivity index (χ0) is 15.0. The Morgan fingerprint density at radius 3 is 2.52 bits per heavy atom. The minimum Gasteiger partial charge on any atom is -0.310 e. The lowest BCUT2D eigenvalue weighted by molar-refractivity contribution is 0.421. The molecule has 1 aromatic carbocycles. The monoisotopic (exact) mass is 328 g/mol. The largest absolute Gasteiger partial charge is 0.310 e. The maximum absolute atomic E-state index is 12.6. The topological polar surface area (TPSA) is 49.4 Å². The van der Waals surface area contributed by atoms with Gasteiger partial charge in [0.2, 0.25) is 10.0 Å². The van der Waals surface area contributed by atoms with Crippen molar-refractivity contribution < 1.29 is 8.42 Å². The van der Waals surface area contributed by atoms with Crippen LogP contribution in [0.3, 0.4) is 0 Å². The quantitative estimate of drug-likeness (QED) is 0.837. The molecule has 116 valence electrons. The molecular formula is C15H21ClN2O2S. The van der Waals surface area contributed by atoms with E-state index in [1.54, 1.807) is 16.4 Å². The molecule has 1 N–H and O–H groups in total. The van der Waals surface area contributed by atoms with Crippen molar-refractivity contribution in [2.24, 2.45) is 0 Å². The summed E-state index contributed by atoms with van der Waals surface area (Å²) in [4.78, 5) is 0.302. The van der Waals surface area contributed by atoms with Crippen molar-refractivity contribution in [1.82, 2.24) is 9.62 Å². The minimum absolute atomic E-state index is 0.176. The smallest absolute Gasteiger partial charge is 0.243 e. The number of nitrogens with one attached hydrogen (secondary N) is 1. The van der Waals surface area contributed by atoms with Crippen LogP contribution in [0.2, 0.25) is 5.02 Å². The lowest BCUT2D eigenvalue weighted by Gasteiger charge is -2.20. The highest BCUT2D eigenvalue weighted by Crippen LogP contribution is 2.33. The molecule has 0 aliphatic heterocycles. The fourth-order valence-electron chi connectivity index (χ4n) is 2.50. The summed E-state index contributed by atoms with van der Waals surface area (Å²) in [7, 11) is -3.42. The van der Waals surface area contributed by atoms with Gasteiger partial charge in [0.15, 0.2) is 0 Å². The van der Waals surface area contributed by atoms with Gasteiger partial charge in [-0.3, -0.25) is 0 Å². The van der Waals surface area contributed by atoms with Gasteiger partial charge in [0.25, 0.3) is 0 Å². The number of rotatable bonds is 7. The van der Waals surface area contributed by atoms with Gasteiger partial charge in [-0.2, -0.15) is 4.31 Å². The lowest BCUT2D eigenvalue weighted by atomic mass is 10.2. The van der Waals surface area contributed by atoms with E-state index in [1.165, 1.54) is 12.8 Å². The third-order valence-electron chi connectivity index (χ3n) is 4.06. The standard InChI is InChI=1S/C15H21ClN2O2S/c1-2-18(13-6-7-13)21(19,20)14-8-3-11(15(16)9-14)10-17-12-4-5-12/h3,8-9,12-13,17H,2,4-7,10H2,1H3. The van der Waals surface area contributed by atoms with Gasteiger partial charge < -0.3 is 5.32 Å². The predicted molar refractivity (Wildman–Crippen MR) is 83.9 cm³/mol. The van der Waals surface area contributed by atoms with Crippen molar-refractivity contribution in [2.45, 2.75) is 56.1 Å². The van der Waals surface area contributed by atoms with Gasteiger partial charge >= 0.3 is 0 Å². The van der Waals surface area contributed by atoms with E-state index in [2.05, 4.69) is 5.32 Å². The summed E-state index contributed by atoms with van der Waals surface area (Å²) in [5.74, 6) is 0. The highest BCUT2D eigenvalue weighted by atomic mass is 35.5. The summed E-state index contributed by atoms with van der Waals surface area (Å²) < 4.78 is 26.9. The third-order valence-corrected chi connectivity index (χ3v) is 6.43. The maximum atomic E-state index is 12.6. The second-order valence-electron chi connectivity index (χ2n) is 5.85. The third kappa shape index (κ3) is 3.42. The number of sulfonamides is 1. The van der Waals surface area contributed by atoms with Crippen LogP contribution in [0.25, 0.3) is 0 Å². The Morgan fingerprint density at radius 1 is 1.29 bits per heavy atom. The number of nitrogens with zero attached hydrogens (tertiary/aromatic N) is 1. The molecule has 1 aromatic rings. The molecule has 0 saturated heterocycles. The molecule has 2 fully saturated rings. The van der Waals surface area contributed by atoms with E-state index in [4.69, 9.17) is 11.6 Å². The minimum atomic E-state index is -3.42. The molecule has 2 aliphatic carbocycles. The molecule has 0 unspecified atom stereocenters. The van der Waals surface area contributed by atoms with Crippen molar-refractivity contribution >= 4 is 21.6 Å². The van der Waals surface area contributed by atoms with Gasteiger partial charge in [-0.25, -0.2) is 8.42 Å². The molecule has 21 heavy (non-hydrogen) atoms. The van der Waals surface area contributed by atoms with E-state index >= 15 is 0 Å². The fourth-order valence-corrected chi connectivity index (χ4v) is 4.53. The molecule has 0 spiro atoms. The first-order chi connectivity index (χ1) is 10.0. The van der Waals surface area contributed by atoms with Gasteiger partial charge in [0.1, 0.15) is 0 Å². The number of hydrogen-bond donors (Lipinski definition) is 1. The van der Waals surface area contributed by atoms with Crippen LogP contribution < -0.4 is 5.32 Å². The van der Waals surface area contributed by atoms with Crippen LogP contribution in [0.15, 0.2) is 23.1 Å². The van der Waals surface area contributed by atoms with Crippen molar-refractivity contribution in [3.63, 3.8) is 0 Å². The first-order valence-electron chi connectivity index (χ1n) is 7.56. The summed E-state index contributed by atoms with van der Waals surface area (Å²) in [6.45, 7) is 3.09. The number of benzene rings is 1. The Hall–Kier alpha value is -0.620. The van der Waals surface area contributed by atoms with E-state index in [0.717, 1.165) is 18.4 Å². The molecule has 0 aromatic heterocycles. The number of hydrogen-bond acceptors (Lipinski definition) is 3. The van der Waals surface area contributed by atoms with Crippen LogP contribution in [0, 0.1) is 0 Å². The SMILES string of the molecule is CCN(C1CC1)S(=O)(=O)c1ccc(CNC2CC2)c(Cl)c1. The molecule has 6 heteroatoms. The van der Waals surface area contributed by atoms with E-state index in [1.807, 2.05) is 13.0 Å². The van der Waals surface area contributed by atoms with Gasteiger partial charge in [0, 0.05) is 30.2 Å². The zero-order valence-corrected chi connectivity index (χ0v) is 13.8. The van der Waals surface area contributed by atoms with E-state index in [-0.39, 0.29) is 6.04 Å². The molecular weight excluding hydrogens is 308 g/mol. The van der Waals surface area contributed by atoms with E-state index in [0.29, 0.717) is 29.0 Å². The Bertz CT molecular complexity index is 625. The van der Waals surface area contributed by atoms with Crippen molar-refractivity contribution in [3.8, 4) is 0 Å². The van der Waals surface area contributed by atoms with Gasteiger partial charge in [0.05, 0.1) is 4.90 Å². The molecule has 2 saturated carbocycles. The van der Waals surface area contributed by atoms with Crippen LogP contribution in [0.4, 0.5) is 0 Å². The predicted octanol–water partition coefficient (Wildman–Crippen LogP) is 2.77. The van der Waals surface area contributed by atoms with E-state index < -0.39 is 10.0 Å². The fraction of sp³-hybridized carbons (Fsp3) is 0.600. The molecule has 0 bridgehead atoms. The molecule has 3 rings (SSSR count). The van der Waals surface area contributed by atoms with Crippen molar-refractivity contribution in [1.29, 1.82) is 0 Å². The maximum Gasteiger partial charge on any atom is 0.243 e. The molecule has 4 nitrogen and oxygen atoms in total. The second-order valence-corrected chi connectivity index (χ2v) is 8.15. The summed E-state index contributed by atoms with van der Waals surface area (Å²) in [5.41, 5.74) is 0.956. The number of halogens is 1. The Morgan fingerprint density at radius 2 is 2.00 bits per heavy atom. The average Bonchev–Trinajstić information content (AvgIpc) is 3.32. The highest BCUT2D eigenvalue weighted by Gasteiger charge is 2.37. The zero-order valence-electron chi connectivity index (χ0n) is 12.2. The van der Waals surface area contributed by atoms with Crippen molar-refractivity contribution in [2.75, 3.05) is 6.54 Å². The molecule has 2 aliphatic rings. The molecule has 0 atom stereocenters. The van der Waals surface area contributed by atoms with Crippen LogP contribution >= 0.6 is 11.6 Å². The van der Waals surface area contributed by atoms with Crippen molar-refractivity contribution in [3.05, 3.63) is 28.8 Å². The van der Waals surface area contributed by atoms with Crippen LogP contribution in [-0.2, 0) is 16.6 Å². The van der Waals surface area contributed by atoms with Crippen LogP contribution in [0.5, 0.6) is 0 Å². The first kappa shape index (κ1) is 15.3. The van der Waals surface area contributed by atoms with Gasteiger partial charge in [-0.15, -0.1) is 0 Å². The molecule has 0 heterocycles. The average molecular weight is 329 g/mol. The molecule has 0 radical (unpaired) electrons.